The van der Waals surface area contributed by atoms with Gasteiger partial charge in [-0.15, -0.1) is 0 Å². The molecule has 3 heteroatoms. The van der Waals surface area contributed by atoms with Crippen molar-refractivity contribution in [2.45, 2.75) is 32.0 Å². The molecule has 0 spiro atoms. The number of fused-ring (bicyclic) bond motifs is 1. The molecule has 0 radical (unpaired) electrons. The van der Waals surface area contributed by atoms with E-state index in [-0.39, 0.29) is 11.9 Å². The van der Waals surface area contributed by atoms with Gasteiger partial charge in [-0.2, -0.15) is 0 Å². The molecule has 1 aliphatic heterocycles. The van der Waals surface area contributed by atoms with Gasteiger partial charge in [0.1, 0.15) is 17.7 Å². The monoisotopic (exact) mass is 196 g/mol. The summed E-state index contributed by atoms with van der Waals surface area (Å²) in [5, 5.41) is 9.36. The van der Waals surface area contributed by atoms with Crippen LogP contribution in [0.5, 0.6) is 5.75 Å². The molecular weight excluding hydrogens is 183 g/mol. The van der Waals surface area contributed by atoms with Gasteiger partial charge in [-0.1, -0.05) is 0 Å². The van der Waals surface area contributed by atoms with Crippen LogP contribution < -0.4 is 4.74 Å². The van der Waals surface area contributed by atoms with Crippen LogP contribution in [0, 0.1) is 5.82 Å². The fourth-order valence-corrected chi connectivity index (χ4v) is 1.72. The van der Waals surface area contributed by atoms with Gasteiger partial charge in [0.2, 0.25) is 0 Å². The number of hydrogen-bond donors (Lipinski definition) is 1. The second kappa shape index (κ2) is 3.58. The third-order valence-electron chi connectivity index (χ3n) is 2.54. The molecule has 1 aromatic carbocycles. The van der Waals surface area contributed by atoms with Crippen molar-refractivity contribution in [3.8, 4) is 5.75 Å². The summed E-state index contributed by atoms with van der Waals surface area (Å²) in [6.45, 7) is 1.71. The maximum atomic E-state index is 12.8. The first-order valence-corrected chi connectivity index (χ1v) is 4.80. The molecule has 0 bridgehead atoms. The summed E-state index contributed by atoms with van der Waals surface area (Å²) in [6.07, 6.45) is 0.873. The zero-order chi connectivity index (χ0) is 10.1. The normalized spacial score (nSPS) is 22.4. The van der Waals surface area contributed by atoms with Crippen molar-refractivity contribution >= 4 is 0 Å². The van der Waals surface area contributed by atoms with Gasteiger partial charge in [0.15, 0.2) is 0 Å². The quantitative estimate of drug-likeness (QED) is 0.743. The standard InChI is InChI=1S/C11H13FO2/c1-7(13)10-4-2-8-6-9(12)3-5-11(8)14-10/h3,5-7,10,13H,2,4H2,1H3/t7-,10?/m0/s1. The highest BCUT2D eigenvalue weighted by Gasteiger charge is 2.23. The third kappa shape index (κ3) is 1.73. The zero-order valence-electron chi connectivity index (χ0n) is 8.03. The Balaban J connectivity index is 2.23. The van der Waals surface area contributed by atoms with Gasteiger partial charge in [-0.25, -0.2) is 4.39 Å². The molecule has 0 aromatic heterocycles. The van der Waals surface area contributed by atoms with Crippen molar-refractivity contribution in [2.75, 3.05) is 0 Å². The Morgan fingerprint density at radius 1 is 1.57 bits per heavy atom. The Bertz CT molecular complexity index is 336. The molecule has 1 N–H and O–H groups in total. The van der Waals surface area contributed by atoms with Gasteiger partial charge in [0.25, 0.3) is 0 Å². The fourth-order valence-electron chi connectivity index (χ4n) is 1.72. The van der Waals surface area contributed by atoms with Crippen LogP contribution in [0.3, 0.4) is 0 Å². The molecule has 2 rings (SSSR count). The molecule has 1 aliphatic rings. The van der Waals surface area contributed by atoms with E-state index in [2.05, 4.69) is 0 Å². The Morgan fingerprint density at radius 3 is 3.07 bits per heavy atom. The van der Waals surface area contributed by atoms with Crippen molar-refractivity contribution in [1.82, 2.24) is 0 Å². The lowest BCUT2D eigenvalue weighted by atomic mass is 10.00. The highest BCUT2D eigenvalue weighted by atomic mass is 19.1. The second-order valence-corrected chi connectivity index (χ2v) is 3.69. The lowest BCUT2D eigenvalue weighted by Crippen LogP contribution is -2.32. The minimum Gasteiger partial charge on any atom is -0.487 e. The molecule has 1 heterocycles. The first-order chi connectivity index (χ1) is 6.66. The van der Waals surface area contributed by atoms with Crippen LogP contribution in [-0.2, 0) is 6.42 Å². The summed E-state index contributed by atoms with van der Waals surface area (Å²) in [6, 6.07) is 4.50. The summed E-state index contributed by atoms with van der Waals surface area (Å²) in [5.41, 5.74) is 0.891. The molecule has 1 aromatic rings. The molecule has 0 amide bonds. The van der Waals surface area contributed by atoms with Gasteiger partial charge in [-0.05, 0) is 43.5 Å². The van der Waals surface area contributed by atoms with E-state index in [9.17, 15) is 9.50 Å². The molecule has 0 saturated carbocycles. The van der Waals surface area contributed by atoms with Crippen LogP contribution in [0.25, 0.3) is 0 Å². The molecule has 1 unspecified atom stereocenters. The number of hydrogen-bond acceptors (Lipinski definition) is 2. The summed E-state index contributed by atoms with van der Waals surface area (Å²) >= 11 is 0. The lowest BCUT2D eigenvalue weighted by Gasteiger charge is -2.27. The lowest BCUT2D eigenvalue weighted by molar-refractivity contribution is 0.0356. The number of benzene rings is 1. The van der Waals surface area contributed by atoms with E-state index in [1.54, 1.807) is 13.0 Å². The summed E-state index contributed by atoms with van der Waals surface area (Å²) in [4.78, 5) is 0. The Morgan fingerprint density at radius 2 is 2.36 bits per heavy atom. The first kappa shape index (κ1) is 9.46. The van der Waals surface area contributed by atoms with Gasteiger partial charge in [0.05, 0.1) is 6.10 Å². The van der Waals surface area contributed by atoms with Crippen molar-refractivity contribution in [2.24, 2.45) is 0 Å². The molecule has 2 atom stereocenters. The second-order valence-electron chi connectivity index (χ2n) is 3.69. The SMILES string of the molecule is C[C@H](O)C1CCc2cc(F)ccc2O1. The minimum absolute atomic E-state index is 0.159. The first-order valence-electron chi connectivity index (χ1n) is 4.80. The molecule has 0 fully saturated rings. The number of aliphatic hydroxyl groups is 1. The average Bonchev–Trinajstić information content (AvgIpc) is 2.16. The Hall–Kier alpha value is -1.09. The fraction of sp³-hybridized carbons (Fsp3) is 0.455. The molecule has 0 saturated heterocycles. The van der Waals surface area contributed by atoms with Crippen LogP contribution in [0.2, 0.25) is 0 Å². The maximum absolute atomic E-state index is 12.8. The van der Waals surface area contributed by atoms with Crippen LogP contribution >= 0.6 is 0 Å². The van der Waals surface area contributed by atoms with Crippen LogP contribution in [-0.4, -0.2) is 17.3 Å². The van der Waals surface area contributed by atoms with Gasteiger partial charge in [0, 0.05) is 0 Å². The van der Waals surface area contributed by atoms with Crippen LogP contribution in [0.4, 0.5) is 4.39 Å². The van der Waals surface area contributed by atoms with Crippen molar-refractivity contribution in [1.29, 1.82) is 0 Å². The molecular formula is C11H13FO2. The predicted molar refractivity (Wildman–Crippen MR) is 50.8 cm³/mol. The van der Waals surface area contributed by atoms with Gasteiger partial charge < -0.3 is 9.84 Å². The topological polar surface area (TPSA) is 29.5 Å². The van der Waals surface area contributed by atoms with Crippen LogP contribution in [0.1, 0.15) is 18.9 Å². The van der Waals surface area contributed by atoms with Crippen molar-refractivity contribution in [3.63, 3.8) is 0 Å². The van der Waals surface area contributed by atoms with E-state index in [1.807, 2.05) is 0 Å². The summed E-state index contributed by atoms with van der Waals surface area (Å²) in [5.74, 6) is 0.464. The zero-order valence-corrected chi connectivity index (χ0v) is 8.03. The number of ether oxygens (including phenoxy) is 1. The third-order valence-corrected chi connectivity index (χ3v) is 2.54. The van der Waals surface area contributed by atoms with E-state index in [4.69, 9.17) is 4.74 Å². The molecule has 14 heavy (non-hydrogen) atoms. The number of aryl methyl sites for hydroxylation is 1. The number of halogens is 1. The summed E-state index contributed by atoms with van der Waals surface area (Å²) < 4.78 is 18.4. The smallest absolute Gasteiger partial charge is 0.125 e. The molecule has 2 nitrogen and oxygen atoms in total. The largest absolute Gasteiger partial charge is 0.487 e. The molecule has 76 valence electrons. The highest BCUT2D eigenvalue weighted by Crippen LogP contribution is 2.29. The maximum Gasteiger partial charge on any atom is 0.125 e. The number of rotatable bonds is 1. The summed E-state index contributed by atoms with van der Waals surface area (Å²) in [7, 11) is 0. The van der Waals surface area contributed by atoms with Crippen molar-refractivity contribution < 1.29 is 14.2 Å². The van der Waals surface area contributed by atoms with E-state index < -0.39 is 6.10 Å². The number of aliphatic hydroxyl groups excluding tert-OH is 1. The Kier molecular flexibility index (Phi) is 2.42. The van der Waals surface area contributed by atoms with E-state index in [0.717, 1.165) is 18.4 Å². The molecule has 0 aliphatic carbocycles. The van der Waals surface area contributed by atoms with Crippen LogP contribution in [0.15, 0.2) is 18.2 Å². The minimum atomic E-state index is -0.479. The van der Waals surface area contributed by atoms with E-state index in [0.29, 0.717) is 5.75 Å². The van der Waals surface area contributed by atoms with Gasteiger partial charge in [-0.3, -0.25) is 0 Å². The van der Waals surface area contributed by atoms with Crippen molar-refractivity contribution in [3.05, 3.63) is 29.6 Å². The van der Waals surface area contributed by atoms with E-state index >= 15 is 0 Å². The van der Waals surface area contributed by atoms with E-state index in [1.165, 1.54) is 12.1 Å². The highest BCUT2D eigenvalue weighted by molar-refractivity contribution is 5.35. The Labute approximate surface area is 82.3 Å². The van der Waals surface area contributed by atoms with Gasteiger partial charge >= 0.3 is 0 Å². The predicted octanol–water partition coefficient (Wildman–Crippen LogP) is 1.90. The average molecular weight is 196 g/mol.